The lowest BCUT2D eigenvalue weighted by atomic mass is 9.81. The number of hydrogen-bond acceptors (Lipinski definition) is 4. The highest BCUT2D eigenvalue weighted by molar-refractivity contribution is 8.76. The van der Waals surface area contributed by atoms with Crippen molar-refractivity contribution in [1.82, 2.24) is 0 Å². The van der Waals surface area contributed by atoms with Gasteiger partial charge in [0.1, 0.15) is 11.6 Å². The number of benzene rings is 2. The van der Waals surface area contributed by atoms with Crippen LogP contribution < -0.4 is 4.74 Å². The maximum atomic E-state index is 12.9. The zero-order valence-corrected chi connectivity index (χ0v) is 15.0. The number of carbonyl (C=O) groups excluding carboxylic acids is 1. The molecule has 0 spiro atoms. The standard InChI is InChI=1S/C18H19FO2S2/c1-18(2,15-6-4-5-7-16(15)23-22-3)12-17(20)21-14-10-8-13(19)9-11-14/h4-11H,12H2,1-3H3. The predicted molar refractivity (Wildman–Crippen MR) is 95.5 cm³/mol. The van der Waals surface area contributed by atoms with E-state index in [2.05, 4.69) is 6.07 Å². The van der Waals surface area contributed by atoms with E-state index in [-0.39, 0.29) is 23.6 Å². The summed E-state index contributed by atoms with van der Waals surface area (Å²) in [6, 6.07) is 13.5. The van der Waals surface area contributed by atoms with Gasteiger partial charge >= 0.3 is 5.97 Å². The first kappa shape index (κ1) is 17.9. The van der Waals surface area contributed by atoms with Crippen LogP contribution >= 0.6 is 21.6 Å². The van der Waals surface area contributed by atoms with E-state index in [4.69, 9.17) is 4.74 Å². The van der Waals surface area contributed by atoms with Gasteiger partial charge in [-0.3, -0.25) is 4.79 Å². The molecule has 0 unspecified atom stereocenters. The van der Waals surface area contributed by atoms with Crippen molar-refractivity contribution in [2.75, 3.05) is 6.26 Å². The Hall–Kier alpha value is -1.46. The number of hydrogen-bond donors (Lipinski definition) is 0. The highest BCUT2D eigenvalue weighted by Gasteiger charge is 2.28. The molecule has 2 aromatic rings. The molecule has 0 amide bonds. The molecule has 0 saturated carbocycles. The van der Waals surface area contributed by atoms with Crippen LogP contribution in [0.4, 0.5) is 4.39 Å². The molecular weight excluding hydrogens is 331 g/mol. The number of carbonyl (C=O) groups is 1. The molecule has 23 heavy (non-hydrogen) atoms. The van der Waals surface area contributed by atoms with Crippen LogP contribution in [-0.2, 0) is 10.2 Å². The van der Waals surface area contributed by atoms with E-state index < -0.39 is 0 Å². The maximum absolute atomic E-state index is 12.9. The van der Waals surface area contributed by atoms with Gasteiger partial charge in [0.25, 0.3) is 0 Å². The van der Waals surface area contributed by atoms with Gasteiger partial charge < -0.3 is 4.74 Å². The quantitative estimate of drug-likeness (QED) is 0.392. The minimum Gasteiger partial charge on any atom is -0.427 e. The summed E-state index contributed by atoms with van der Waals surface area (Å²) in [6.45, 7) is 4.05. The maximum Gasteiger partial charge on any atom is 0.312 e. The van der Waals surface area contributed by atoms with Gasteiger partial charge in [0.05, 0.1) is 6.42 Å². The lowest BCUT2D eigenvalue weighted by Crippen LogP contribution is -2.25. The van der Waals surface area contributed by atoms with Gasteiger partial charge in [0.15, 0.2) is 0 Å². The fourth-order valence-electron chi connectivity index (χ4n) is 2.31. The van der Waals surface area contributed by atoms with Gasteiger partial charge in [-0.15, -0.1) is 0 Å². The van der Waals surface area contributed by atoms with E-state index in [1.165, 1.54) is 24.3 Å². The summed E-state index contributed by atoms with van der Waals surface area (Å²) >= 11 is 0. The van der Waals surface area contributed by atoms with Crippen LogP contribution in [0.5, 0.6) is 5.75 Å². The van der Waals surface area contributed by atoms with Crippen LogP contribution in [0.3, 0.4) is 0 Å². The van der Waals surface area contributed by atoms with Gasteiger partial charge in [0, 0.05) is 10.3 Å². The third-order valence-electron chi connectivity index (χ3n) is 3.42. The highest BCUT2D eigenvalue weighted by Crippen LogP contribution is 2.39. The molecule has 2 nitrogen and oxygen atoms in total. The van der Waals surface area contributed by atoms with Crippen LogP contribution in [0.25, 0.3) is 0 Å². The minimum absolute atomic E-state index is 0.246. The first-order valence-corrected chi connectivity index (χ1v) is 9.74. The Kier molecular flexibility index (Phi) is 6.13. The molecule has 0 bridgehead atoms. The predicted octanol–water partition coefficient (Wildman–Crippen LogP) is 5.47. The Morgan fingerprint density at radius 1 is 1.13 bits per heavy atom. The highest BCUT2D eigenvalue weighted by atomic mass is 33.1. The average Bonchev–Trinajstić information content (AvgIpc) is 2.50. The van der Waals surface area contributed by atoms with E-state index in [0.29, 0.717) is 5.75 Å². The first-order valence-electron chi connectivity index (χ1n) is 7.19. The van der Waals surface area contributed by atoms with Gasteiger partial charge in [-0.1, -0.05) is 53.6 Å². The number of esters is 1. The molecule has 0 radical (unpaired) electrons. The number of ether oxygens (including phenoxy) is 1. The van der Waals surface area contributed by atoms with Gasteiger partial charge in [-0.2, -0.15) is 0 Å². The van der Waals surface area contributed by atoms with Gasteiger partial charge in [-0.25, -0.2) is 4.39 Å². The molecule has 2 rings (SSSR count). The Balaban J connectivity index is 2.11. The summed E-state index contributed by atoms with van der Waals surface area (Å²) in [6.07, 6.45) is 2.27. The Morgan fingerprint density at radius 2 is 1.78 bits per heavy atom. The normalized spacial score (nSPS) is 11.3. The lowest BCUT2D eigenvalue weighted by molar-refractivity contribution is -0.135. The van der Waals surface area contributed by atoms with Crippen LogP contribution in [0.15, 0.2) is 53.4 Å². The third-order valence-corrected chi connectivity index (χ3v) is 5.16. The number of halogens is 1. The first-order chi connectivity index (χ1) is 10.9. The van der Waals surface area contributed by atoms with Crippen molar-refractivity contribution in [3.8, 4) is 5.75 Å². The third kappa shape index (κ3) is 5.01. The molecule has 122 valence electrons. The smallest absolute Gasteiger partial charge is 0.312 e. The van der Waals surface area contributed by atoms with Crippen molar-refractivity contribution in [2.45, 2.75) is 30.6 Å². The molecule has 0 aliphatic carbocycles. The van der Waals surface area contributed by atoms with Gasteiger partial charge in [-0.05, 0) is 42.2 Å². The van der Waals surface area contributed by atoms with Crippen LogP contribution in [0.2, 0.25) is 0 Å². The Labute approximate surface area is 144 Å². The molecule has 0 aromatic heterocycles. The van der Waals surface area contributed by atoms with Gasteiger partial charge in [0.2, 0.25) is 0 Å². The SMILES string of the molecule is CSSc1ccccc1C(C)(C)CC(=O)Oc1ccc(F)cc1. The minimum atomic E-state index is -0.354. The molecule has 0 aliphatic rings. The van der Waals surface area contributed by atoms with Crippen LogP contribution in [0.1, 0.15) is 25.8 Å². The number of rotatable bonds is 6. The topological polar surface area (TPSA) is 26.3 Å². The monoisotopic (exact) mass is 350 g/mol. The van der Waals surface area contributed by atoms with Crippen LogP contribution in [-0.4, -0.2) is 12.2 Å². The summed E-state index contributed by atoms with van der Waals surface area (Å²) in [5, 5.41) is 0. The Bertz CT molecular complexity index is 669. The van der Waals surface area contributed by atoms with E-state index in [0.717, 1.165) is 10.5 Å². The molecule has 2 aromatic carbocycles. The fourth-order valence-corrected chi connectivity index (χ4v) is 4.04. The lowest BCUT2D eigenvalue weighted by Gasteiger charge is -2.26. The molecule has 0 fully saturated rings. The van der Waals surface area contributed by atoms with E-state index >= 15 is 0 Å². The van der Waals surface area contributed by atoms with Crippen molar-refractivity contribution < 1.29 is 13.9 Å². The molecule has 0 saturated heterocycles. The average molecular weight is 350 g/mol. The molecule has 5 heteroatoms. The van der Waals surface area contributed by atoms with Crippen LogP contribution in [0, 0.1) is 5.82 Å². The fraction of sp³-hybridized carbons (Fsp3) is 0.278. The second-order valence-electron chi connectivity index (χ2n) is 5.73. The zero-order valence-electron chi connectivity index (χ0n) is 13.3. The van der Waals surface area contributed by atoms with E-state index in [1.54, 1.807) is 21.6 Å². The molecule has 0 heterocycles. The second-order valence-corrected chi connectivity index (χ2v) is 8.17. The molecule has 0 atom stereocenters. The summed E-state index contributed by atoms with van der Waals surface area (Å²) in [5.74, 6) is -0.322. The van der Waals surface area contributed by atoms with Crippen molar-refractivity contribution >= 4 is 27.6 Å². The van der Waals surface area contributed by atoms with Crippen molar-refractivity contribution in [3.63, 3.8) is 0 Å². The van der Waals surface area contributed by atoms with Crippen molar-refractivity contribution in [3.05, 3.63) is 59.9 Å². The summed E-state index contributed by atoms with van der Waals surface area (Å²) in [4.78, 5) is 13.4. The van der Waals surface area contributed by atoms with Crippen molar-refractivity contribution in [2.24, 2.45) is 0 Å². The summed E-state index contributed by atoms with van der Waals surface area (Å²) in [5.41, 5.74) is 0.770. The largest absolute Gasteiger partial charge is 0.427 e. The van der Waals surface area contributed by atoms with E-state index in [9.17, 15) is 9.18 Å². The molecular formula is C18H19FO2S2. The molecule has 0 aliphatic heterocycles. The van der Waals surface area contributed by atoms with Crippen molar-refractivity contribution in [1.29, 1.82) is 0 Å². The zero-order chi connectivity index (χ0) is 16.9. The second kappa shape index (κ2) is 7.88. The molecule has 0 N–H and O–H groups in total. The summed E-state index contributed by atoms with van der Waals surface area (Å²) in [7, 11) is 3.36. The summed E-state index contributed by atoms with van der Waals surface area (Å²) < 4.78 is 18.2. The Morgan fingerprint density at radius 3 is 2.43 bits per heavy atom. The van der Waals surface area contributed by atoms with E-state index in [1.807, 2.05) is 38.3 Å².